The minimum absolute atomic E-state index is 0.0826. The normalized spacial score (nSPS) is 11.5. The van der Waals surface area contributed by atoms with Gasteiger partial charge in [0.05, 0.1) is 4.75 Å². The standard InChI is InChI=1S/C27H33N3OS/c1-30(21-18-28)20-17-26(31)29-19-22-32-27(23-11-5-2-6-12-23,24-13-7-3-8-14-24)25-15-9-4-10-16-25/h2-16H,17-22,28H2,1H3,(H,29,31). The smallest absolute Gasteiger partial charge is 0.221 e. The molecule has 3 rings (SSSR count). The summed E-state index contributed by atoms with van der Waals surface area (Å²) in [6.07, 6.45) is 0.488. The van der Waals surface area contributed by atoms with Crippen molar-refractivity contribution in [1.82, 2.24) is 10.2 Å². The predicted molar refractivity (Wildman–Crippen MR) is 136 cm³/mol. The number of thioether (sulfide) groups is 1. The zero-order chi connectivity index (χ0) is 22.7. The molecule has 0 bridgehead atoms. The van der Waals surface area contributed by atoms with Crippen molar-refractivity contribution in [3.8, 4) is 0 Å². The second kappa shape index (κ2) is 12.4. The first-order valence-electron chi connectivity index (χ1n) is 11.1. The first-order valence-corrected chi connectivity index (χ1v) is 12.1. The van der Waals surface area contributed by atoms with Crippen LogP contribution in [-0.4, -0.2) is 49.8 Å². The molecule has 0 spiro atoms. The van der Waals surface area contributed by atoms with Crippen molar-refractivity contribution in [2.24, 2.45) is 5.73 Å². The van der Waals surface area contributed by atoms with Gasteiger partial charge in [-0.3, -0.25) is 4.79 Å². The summed E-state index contributed by atoms with van der Waals surface area (Å²) in [4.78, 5) is 14.4. The number of amides is 1. The Labute approximate surface area is 196 Å². The topological polar surface area (TPSA) is 58.4 Å². The van der Waals surface area contributed by atoms with Gasteiger partial charge in [0.1, 0.15) is 0 Å². The molecule has 4 nitrogen and oxygen atoms in total. The quantitative estimate of drug-likeness (QED) is 0.324. The second-order valence-corrected chi connectivity index (χ2v) is 9.13. The van der Waals surface area contributed by atoms with Crippen LogP contribution in [-0.2, 0) is 9.54 Å². The molecule has 0 saturated heterocycles. The Morgan fingerprint density at radius 2 is 1.31 bits per heavy atom. The zero-order valence-corrected chi connectivity index (χ0v) is 19.6. The lowest BCUT2D eigenvalue weighted by molar-refractivity contribution is -0.121. The molecule has 32 heavy (non-hydrogen) atoms. The van der Waals surface area contributed by atoms with E-state index in [0.29, 0.717) is 19.5 Å². The molecule has 3 N–H and O–H groups in total. The second-order valence-electron chi connectivity index (χ2n) is 7.82. The van der Waals surface area contributed by atoms with Crippen molar-refractivity contribution in [1.29, 1.82) is 0 Å². The van der Waals surface area contributed by atoms with Gasteiger partial charge in [-0.1, -0.05) is 91.0 Å². The highest BCUT2D eigenvalue weighted by Gasteiger charge is 2.36. The molecule has 0 aromatic heterocycles. The molecule has 0 heterocycles. The van der Waals surface area contributed by atoms with Crippen LogP contribution in [0.1, 0.15) is 23.1 Å². The molecule has 5 heteroatoms. The summed E-state index contributed by atoms with van der Waals surface area (Å²) in [5.41, 5.74) is 9.27. The Morgan fingerprint density at radius 3 is 1.75 bits per heavy atom. The fraction of sp³-hybridized carbons (Fsp3) is 0.296. The highest BCUT2D eigenvalue weighted by molar-refractivity contribution is 8.00. The van der Waals surface area contributed by atoms with Crippen LogP contribution in [0.5, 0.6) is 0 Å². The minimum Gasteiger partial charge on any atom is -0.355 e. The third-order valence-corrected chi connectivity index (χ3v) is 7.06. The molecular formula is C27H33N3OS. The van der Waals surface area contributed by atoms with Crippen LogP contribution >= 0.6 is 11.8 Å². The number of nitrogens with zero attached hydrogens (tertiary/aromatic N) is 1. The van der Waals surface area contributed by atoms with Gasteiger partial charge in [-0.2, -0.15) is 0 Å². The summed E-state index contributed by atoms with van der Waals surface area (Å²) in [5, 5.41) is 3.09. The number of carbonyl (C=O) groups excluding carboxylic acids is 1. The van der Waals surface area contributed by atoms with Crippen molar-refractivity contribution in [3.05, 3.63) is 108 Å². The van der Waals surface area contributed by atoms with Gasteiger partial charge in [-0.05, 0) is 23.7 Å². The number of hydrogen-bond acceptors (Lipinski definition) is 4. The number of benzene rings is 3. The van der Waals surface area contributed by atoms with Crippen molar-refractivity contribution in [2.45, 2.75) is 11.2 Å². The highest BCUT2D eigenvalue weighted by atomic mass is 32.2. The molecule has 0 fully saturated rings. The molecular weight excluding hydrogens is 414 g/mol. The minimum atomic E-state index is -0.351. The molecule has 1 amide bonds. The molecule has 0 radical (unpaired) electrons. The number of nitrogens with two attached hydrogens (primary N) is 1. The monoisotopic (exact) mass is 447 g/mol. The number of carbonyl (C=O) groups is 1. The van der Waals surface area contributed by atoms with Gasteiger partial charge >= 0.3 is 0 Å². The maximum absolute atomic E-state index is 12.3. The van der Waals surface area contributed by atoms with E-state index in [1.54, 1.807) is 0 Å². The highest BCUT2D eigenvalue weighted by Crippen LogP contribution is 2.48. The van der Waals surface area contributed by atoms with E-state index in [0.717, 1.165) is 18.8 Å². The number of rotatable bonds is 12. The summed E-state index contributed by atoms with van der Waals surface area (Å²) >= 11 is 1.86. The van der Waals surface area contributed by atoms with Crippen LogP contribution in [0, 0.1) is 0 Å². The van der Waals surface area contributed by atoms with Crippen LogP contribution < -0.4 is 11.1 Å². The molecule has 0 aliphatic heterocycles. The Bertz CT molecular complexity index is 838. The van der Waals surface area contributed by atoms with Gasteiger partial charge < -0.3 is 16.0 Å². The summed E-state index contributed by atoms with van der Waals surface area (Å²) in [7, 11) is 1.99. The van der Waals surface area contributed by atoms with E-state index in [1.807, 2.05) is 18.8 Å². The van der Waals surface area contributed by atoms with Gasteiger partial charge in [-0.15, -0.1) is 11.8 Å². The first kappa shape index (κ1) is 24.1. The van der Waals surface area contributed by atoms with E-state index in [9.17, 15) is 4.79 Å². The third kappa shape index (κ3) is 6.22. The first-order chi connectivity index (χ1) is 15.7. The van der Waals surface area contributed by atoms with Gasteiger partial charge in [0, 0.05) is 38.4 Å². The Balaban J connectivity index is 1.78. The maximum atomic E-state index is 12.3. The summed E-state index contributed by atoms with van der Waals surface area (Å²) < 4.78 is -0.351. The summed E-state index contributed by atoms with van der Waals surface area (Å²) in [6.45, 7) is 2.75. The van der Waals surface area contributed by atoms with Crippen LogP contribution in [0.4, 0.5) is 0 Å². The molecule has 3 aromatic carbocycles. The molecule has 0 saturated carbocycles. The molecule has 0 unspecified atom stereocenters. The fourth-order valence-electron chi connectivity index (χ4n) is 3.88. The average molecular weight is 448 g/mol. The summed E-state index contributed by atoms with van der Waals surface area (Å²) in [5.74, 6) is 0.877. The molecule has 0 aliphatic carbocycles. The lowest BCUT2D eigenvalue weighted by atomic mass is 9.84. The Kier molecular flexibility index (Phi) is 9.35. The van der Waals surface area contributed by atoms with E-state index in [-0.39, 0.29) is 10.7 Å². The Hall–Kier alpha value is -2.60. The molecule has 0 aliphatic rings. The molecule has 3 aromatic rings. The van der Waals surface area contributed by atoms with Crippen molar-refractivity contribution < 1.29 is 4.79 Å². The van der Waals surface area contributed by atoms with E-state index < -0.39 is 0 Å². The Morgan fingerprint density at radius 1 is 0.844 bits per heavy atom. The van der Waals surface area contributed by atoms with Crippen LogP contribution in [0.15, 0.2) is 91.0 Å². The molecule has 168 valence electrons. The van der Waals surface area contributed by atoms with Crippen LogP contribution in [0.2, 0.25) is 0 Å². The SMILES string of the molecule is CN(CCN)CCC(=O)NCCSC(c1ccccc1)(c1ccccc1)c1ccccc1. The van der Waals surface area contributed by atoms with Gasteiger partial charge in [0.25, 0.3) is 0 Å². The van der Waals surface area contributed by atoms with E-state index in [2.05, 4.69) is 101 Å². The van der Waals surface area contributed by atoms with Gasteiger partial charge in [0.2, 0.25) is 5.91 Å². The number of likely N-dealkylation sites (N-methyl/N-ethyl adjacent to an activating group) is 1. The van der Waals surface area contributed by atoms with Crippen molar-refractivity contribution in [3.63, 3.8) is 0 Å². The fourth-order valence-corrected chi connectivity index (χ4v) is 5.29. The predicted octanol–water partition coefficient (Wildman–Crippen LogP) is 4.11. The number of hydrogen-bond donors (Lipinski definition) is 2. The summed E-state index contributed by atoms with van der Waals surface area (Å²) in [6, 6.07) is 31.9. The van der Waals surface area contributed by atoms with E-state index in [4.69, 9.17) is 5.73 Å². The van der Waals surface area contributed by atoms with Gasteiger partial charge in [0.15, 0.2) is 0 Å². The third-order valence-electron chi connectivity index (χ3n) is 5.52. The van der Waals surface area contributed by atoms with Crippen molar-refractivity contribution in [2.75, 3.05) is 39.0 Å². The largest absolute Gasteiger partial charge is 0.355 e. The van der Waals surface area contributed by atoms with E-state index in [1.165, 1.54) is 16.7 Å². The maximum Gasteiger partial charge on any atom is 0.221 e. The lowest BCUT2D eigenvalue weighted by Gasteiger charge is -2.35. The average Bonchev–Trinajstić information content (AvgIpc) is 2.85. The van der Waals surface area contributed by atoms with Crippen LogP contribution in [0.3, 0.4) is 0 Å². The lowest BCUT2D eigenvalue weighted by Crippen LogP contribution is -2.33. The van der Waals surface area contributed by atoms with Crippen molar-refractivity contribution >= 4 is 17.7 Å². The number of nitrogens with one attached hydrogen (secondary N) is 1. The van der Waals surface area contributed by atoms with Gasteiger partial charge in [-0.25, -0.2) is 0 Å². The van der Waals surface area contributed by atoms with E-state index >= 15 is 0 Å². The van der Waals surface area contributed by atoms with Crippen LogP contribution in [0.25, 0.3) is 0 Å². The zero-order valence-electron chi connectivity index (χ0n) is 18.7. The molecule has 0 atom stereocenters.